The number of amides is 1. The number of rotatable bonds is 5. The number of aliphatic hydroxyl groups is 1. The second-order valence-corrected chi connectivity index (χ2v) is 6.09. The largest absolute Gasteiger partial charge is 0.391 e. The van der Waals surface area contributed by atoms with Crippen molar-refractivity contribution in [3.05, 3.63) is 29.8 Å². The van der Waals surface area contributed by atoms with Crippen molar-refractivity contribution in [2.75, 3.05) is 19.0 Å². The summed E-state index contributed by atoms with van der Waals surface area (Å²) in [6.07, 6.45) is 4.69. The number of anilines is 1. The Bertz CT molecular complexity index is 456. The van der Waals surface area contributed by atoms with Gasteiger partial charge in [-0.1, -0.05) is 25.0 Å². The molecule has 0 heterocycles. The summed E-state index contributed by atoms with van der Waals surface area (Å²) < 4.78 is 0. The van der Waals surface area contributed by atoms with Crippen LogP contribution in [0.4, 0.5) is 5.69 Å². The lowest BCUT2D eigenvalue weighted by atomic mass is 9.92. The number of hydrogen-bond donors (Lipinski definition) is 2. The molecule has 4 nitrogen and oxygen atoms in total. The van der Waals surface area contributed by atoms with Crippen molar-refractivity contribution in [3.8, 4) is 0 Å². The predicted molar refractivity (Wildman–Crippen MR) is 85.5 cm³/mol. The average Bonchev–Trinajstić information content (AvgIpc) is 2.48. The van der Waals surface area contributed by atoms with Crippen LogP contribution >= 0.6 is 0 Å². The van der Waals surface area contributed by atoms with E-state index >= 15 is 0 Å². The first kappa shape index (κ1) is 15.8. The van der Waals surface area contributed by atoms with E-state index in [9.17, 15) is 9.90 Å². The molecule has 1 aromatic rings. The number of hydrogen-bond acceptors (Lipinski definition) is 3. The predicted octanol–water partition coefficient (Wildman–Crippen LogP) is 2.10. The molecule has 0 bridgehead atoms. The normalized spacial score (nSPS) is 21.9. The third-order valence-electron chi connectivity index (χ3n) is 4.17. The molecule has 0 unspecified atom stereocenters. The highest BCUT2D eigenvalue weighted by atomic mass is 16.3. The molecule has 1 aromatic carbocycles. The fraction of sp³-hybridized carbons (Fsp3) is 0.588. The monoisotopic (exact) mass is 290 g/mol. The van der Waals surface area contributed by atoms with Crippen LogP contribution in [0, 0.1) is 0 Å². The van der Waals surface area contributed by atoms with Gasteiger partial charge in [0, 0.05) is 26.2 Å². The van der Waals surface area contributed by atoms with Gasteiger partial charge in [0.1, 0.15) is 0 Å². The molecule has 1 aliphatic carbocycles. The molecular weight excluding hydrogens is 264 g/mol. The molecule has 1 aliphatic rings. The molecule has 0 aliphatic heterocycles. The lowest BCUT2D eigenvalue weighted by Crippen LogP contribution is -2.45. The molecule has 0 aromatic heterocycles. The molecule has 0 spiro atoms. The van der Waals surface area contributed by atoms with Gasteiger partial charge in [0.2, 0.25) is 5.91 Å². The fourth-order valence-corrected chi connectivity index (χ4v) is 2.78. The number of aliphatic hydroxyl groups excluding tert-OH is 1. The van der Waals surface area contributed by atoms with E-state index < -0.39 is 0 Å². The number of aryl methyl sites for hydroxylation is 1. The topological polar surface area (TPSA) is 52.6 Å². The Kier molecular flexibility index (Phi) is 5.62. The molecule has 1 fully saturated rings. The SMILES string of the molecule is CN(C)c1ccc(CCC(=O)N[C@@H]2CCCC[C@H]2O)cc1. The first-order chi connectivity index (χ1) is 10.1. The van der Waals surface area contributed by atoms with E-state index in [2.05, 4.69) is 34.5 Å². The summed E-state index contributed by atoms with van der Waals surface area (Å²) in [6, 6.07) is 8.22. The van der Waals surface area contributed by atoms with Gasteiger partial charge in [-0.05, 0) is 37.0 Å². The highest BCUT2D eigenvalue weighted by molar-refractivity contribution is 5.76. The standard InChI is InChI=1S/C17H26N2O2/c1-19(2)14-10-7-13(8-11-14)9-12-17(21)18-15-5-3-4-6-16(15)20/h7-8,10-11,15-16,20H,3-6,9,12H2,1-2H3,(H,18,21)/t15-,16-/m1/s1. The Morgan fingerprint density at radius 2 is 1.90 bits per heavy atom. The summed E-state index contributed by atoms with van der Waals surface area (Å²) in [5.74, 6) is 0.0395. The van der Waals surface area contributed by atoms with Gasteiger partial charge < -0.3 is 15.3 Å². The van der Waals surface area contributed by atoms with Crippen LogP contribution in [-0.2, 0) is 11.2 Å². The third-order valence-corrected chi connectivity index (χ3v) is 4.17. The zero-order valence-corrected chi connectivity index (χ0v) is 13.0. The van der Waals surface area contributed by atoms with E-state index in [1.807, 2.05) is 14.1 Å². The summed E-state index contributed by atoms with van der Waals surface area (Å²) in [6.45, 7) is 0. The number of benzene rings is 1. The molecule has 116 valence electrons. The van der Waals surface area contributed by atoms with Crippen molar-refractivity contribution in [2.45, 2.75) is 50.7 Å². The molecule has 2 rings (SSSR count). The zero-order chi connectivity index (χ0) is 15.2. The quantitative estimate of drug-likeness (QED) is 0.873. The number of nitrogens with one attached hydrogen (secondary N) is 1. The molecule has 1 amide bonds. The van der Waals surface area contributed by atoms with E-state index in [0.717, 1.165) is 37.8 Å². The van der Waals surface area contributed by atoms with Gasteiger partial charge in [0.15, 0.2) is 0 Å². The molecule has 0 saturated heterocycles. The van der Waals surface area contributed by atoms with Crippen LogP contribution in [0.25, 0.3) is 0 Å². The third kappa shape index (κ3) is 4.74. The minimum absolute atomic E-state index is 0.0395. The Morgan fingerprint density at radius 1 is 1.24 bits per heavy atom. The summed E-state index contributed by atoms with van der Waals surface area (Å²) in [5, 5.41) is 12.8. The first-order valence-electron chi connectivity index (χ1n) is 7.80. The Balaban J connectivity index is 1.78. The maximum atomic E-state index is 12.0. The molecule has 1 saturated carbocycles. The number of carbonyl (C=O) groups is 1. The van der Waals surface area contributed by atoms with E-state index in [-0.39, 0.29) is 18.1 Å². The number of nitrogens with zero attached hydrogens (tertiary/aromatic N) is 1. The second-order valence-electron chi connectivity index (χ2n) is 6.09. The Labute approximate surface area is 127 Å². The lowest BCUT2D eigenvalue weighted by molar-refractivity contribution is -0.123. The summed E-state index contributed by atoms with van der Waals surface area (Å²) in [5.41, 5.74) is 2.33. The van der Waals surface area contributed by atoms with E-state index in [1.54, 1.807) is 0 Å². The number of carbonyl (C=O) groups excluding carboxylic acids is 1. The molecule has 21 heavy (non-hydrogen) atoms. The van der Waals surface area contributed by atoms with Gasteiger partial charge in [-0.2, -0.15) is 0 Å². The molecular formula is C17H26N2O2. The van der Waals surface area contributed by atoms with Gasteiger partial charge >= 0.3 is 0 Å². The van der Waals surface area contributed by atoms with E-state index in [4.69, 9.17) is 0 Å². The van der Waals surface area contributed by atoms with Crippen LogP contribution < -0.4 is 10.2 Å². The Hall–Kier alpha value is -1.55. The summed E-state index contributed by atoms with van der Waals surface area (Å²) in [4.78, 5) is 14.0. The lowest BCUT2D eigenvalue weighted by Gasteiger charge is -2.28. The molecule has 2 N–H and O–H groups in total. The van der Waals surface area contributed by atoms with Crippen molar-refractivity contribution < 1.29 is 9.90 Å². The van der Waals surface area contributed by atoms with Crippen molar-refractivity contribution >= 4 is 11.6 Å². The van der Waals surface area contributed by atoms with Crippen molar-refractivity contribution in [1.82, 2.24) is 5.32 Å². The smallest absolute Gasteiger partial charge is 0.220 e. The van der Waals surface area contributed by atoms with Crippen molar-refractivity contribution in [3.63, 3.8) is 0 Å². The fourth-order valence-electron chi connectivity index (χ4n) is 2.78. The highest BCUT2D eigenvalue weighted by Crippen LogP contribution is 2.18. The van der Waals surface area contributed by atoms with Gasteiger partial charge in [-0.25, -0.2) is 0 Å². The maximum Gasteiger partial charge on any atom is 0.220 e. The van der Waals surface area contributed by atoms with Gasteiger partial charge in [0.25, 0.3) is 0 Å². The Morgan fingerprint density at radius 3 is 2.52 bits per heavy atom. The maximum absolute atomic E-state index is 12.0. The van der Waals surface area contributed by atoms with Crippen LogP contribution in [0.3, 0.4) is 0 Å². The zero-order valence-electron chi connectivity index (χ0n) is 13.0. The summed E-state index contributed by atoms with van der Waals surface area (Å²) in [7, 11) is 4.02. The van der Waals surface area contributed by atoms with Crippen LogP contribution in [-0.4, -0.2) is 37.3 Å². The first-order valence-corrected chi connectivity index (χ1v) is 7.80. The minimum atomic E-state index is -0.373. The molecule has 4 heteroatoms. The van der Waals surface area contributed by atoms with Gasteiger partial charge in [-0.3, -0.25) is 4.79 Å². The van der Waals surface area contributed by atoms with Crippen molar-refractivity contribution in [1.29, 1.82) is 0 Å². The molecule has 2 atom stereocenters. The van der Waals surface area contributed by atoms with E-state index in [1.165, 1.54) is 5.56 Å². The van der Waals surface area contributed by atoms with Crippen LogP contribution in [0.15, 0.2) is 24.3 Å². The second kappa shape index (κ2) is 7.46. The van der Waals surface area contributed by atoms with Gasteiger partial charge in [-0.15, -0.1) is 0 Å². The molecule has 0 radical (unpaired) electrons. The van der Waals surface area contributed by atoms with Gasteiger partial charge in [0.05, 0.1) is 12.1 Å². The summed E-state index contributed by atoms with van der Waals surface area (Å²) >= 11 is 0. The minimum Gasteiger partial charge on any atom is -0.391 e. The van der Waals surface area contributed by atoms with Crippen LogP contribution in [0.1, 0.15) is 37.7 Å². The highest BCUT2D eigenvalue weighted by Gasteiger charge is 2.24. The van der Waals surface area contributed by atoms with E-state index in [0.29, 0.717) is 6.42 Å². The van der Waals surface area contributed by atoms with Crippen LogP contribution in [0.5, 0.6) is 0 Å². The van der Waals surface area contributed by atoms with Crippen molar-refractivity contribution in [2.24, 2.45) is 0 Å². The average molecular weight is 290 g/mol. The van der Waals surface area contributed by atoms with Crippen LogP contribution in [0.2, 0.25) is 0 Å².